The Balaban J connectivity index is 1.38. The van der Waals surface area contributed by atoms with Crippen LogP contribution in [0.15, 0.2) is 73.1 Å². The van der Waals surface area contributed by atoms with Gasteiger partial charge in [-0.15, -0.1) is 0 Å². The van der Waals surface area contributed by atoms with E-state index in [1.54, 1.807) is 23.4 Å². The van der Waals surface area contributed by atoms with Crippen LogP contribution in [0.4, 0.5) is 16.4 Å². The summed E-state index contributed by atoms with van der Waals surface area (Å²) in [7, 11) is 0. The third-order valence-electron chi connectivity index (χ3n) is 4.50. The molecule has 2 heterocycles. The Morgan fingerprint density at radius 1 is 0.857 bits per heavy atom. The quantitative estimate of drug-likeness (QED) is 0.754. The van der Waals surface area contributed by atoms with Gasteiger partial charge in [0.15, 0.2) is 5.75 Å². The van der Waals surface area contributed by atoms with Crippen LogP contribution in [0.1, 0.15) is 0 Å². The average Bonchev–Trinajstić information content (AvgIpc) is 2.76. The second-order valence-electron chi connectivity index (χ2n) is 6.36. The van der Waals surface area contributed by atoms with E-state index in [9.17, 15) is 4.79 Å². The Bertz CT molecular complexity index is 912. The molecule has 0 aliphatic carbocycles. The van der Waals surface area contributed by atoms with Crippen LogP contribution in [0.5, 0.6) is 11.5 Å². The fourth-order valence-electron chi connectivity index (χ4n) is 3.03. The van der Waals surface area contributed by atoms with Crippen molar-refractivity contribution in [1.82, 2.24) is 14.9 Å². The van der Waals surface area contributed by atoms with Crippen molar-refractivity contribution < 1.29 is 9.53 Å². The highest BCUT2D eigenvalue weighted by atomic mass is 16.5. The number of aromatic nitrogens is 2. The van der Waals surface area contributed by atoms with Crippen molar-refractivity contribution in [2.24, 2.45) is 0 Å². The highest BCUT2D eigenvalue weighted by Crippen LogP contribution is 2.29. The first kappa shape index (κ1) is 17.8. The molecule has 142 valence electrons. The topological polar surface area (TPSA) is 70.6 Å². The minimum atomic E-state index is -0.141. The van der Waals surface area contributed by atoms with Gasteiger partial charge in [-0.05, 0) is 30.3 Å². The fraction of sp³-hybridized carbons (Fsp3) is 0.190. The summed E-state index contributed by atoms with van der Waals surface area (Å²) in [6.45, 7) is 2.59. The molecule has 0 radical (unpaired) electrons. The molecule has 7 heteroatoms. The fourth-order valence-corrected chi connectivity index (χ4v) is 3.03. The second-order valence-corrected chi connectivity index (χ2v) is 6.36. The van der Waals surface area contributed by atoms with Crippen LogP contribution in [0, 0.1) is 0 Å². The summed E-state index contributed by atoms with van der Waals surface area (Å²) in [6, 6.07) is 18.6. The minimum absolute atomic E-state index is 0.141. The van der Waals surface area contributed by atoms with Crippen LogP contribution in [-0.4, -0.2) is 47.1 Å². The maximum atomic E-state index is 12.7. The number of rotatable bonds is 4. The van der Waals surface area contributed by atoms with E-state index in [1.807, 2.05) is 54.6 Å². The summed E-state index contributed by atoms with van der Waals surface area (Å²) < 4.78 is 5.91. The average molecular weight is 375 g/mol. The molecule has 1 aliphatic rings. The number of amides is 2. The zero-order valence-electron chi connectivity index (χ0n) is 15.4. The van der Waals surface area contributed by atoms with Crippen LogP contribution < -0.4 is 15.0 Å². The lowest BCUT2D eigenvalue weighted by Gasteiger charge is -2.34. The van der Waals surface area contributed by atoms with Gasteiger partial charge in [0.25, 0.3) is 0 Å². The predicted molar refractivity (Wildman–Crippen MR) is 108 cm³/mol. The number of nitrogens with one attached hydrogen (secondary N) is 1. The third kappa shape index (κ3) is 4.20. The maximum Gasteiger partial charge on any atom is 0.322 e. The van der Waals surface area contributed by atoms with Gasteiger partial charge in [-0.3, -0.25) is 0 Å². The summed E-state index contributed by atoms with van der Waals surface area (Å²) in [6.07, 6.45) is 3.45. The number of hydrogen-bond donors (Lipinski definition) is 1. The SMILES string of the molecule is O=C(Nc1ccccc1Oc1ccccc1)N1CCN(c2ncccn2)CC1. The van der Waals surface area contributed by atoms with Crippen LogP contribution in [-0.2, 0) is 0 Å². The standard InChI is InChI=1S/C21H21N5O2/c27-21(26-15-13-25(14-16-26)20-22-11-6-12-23-20)24-18-9-4-5-10-19(18)28-17-7-2-1-3-8-17/h1-12H,13-16H2,(H,24,27). The number of anilines is 2. The van der Waals surface area contributed by atoms with E-state index in [4.69, 9.17) is 4.74 Å². The Morgan fingerprint density at radius 3 is 2.29 bits per heavy atom. The van der Waals surface area contributed by atoms with Crippen LogP contribution >= 0.6 is 0 Å². The smallest absolute Gasteiger partial charge is 0.322 e. The Morgan fingerprint density at radius 2 is 1.54 bits per heavy atom. The summed E-state index contributed by atoms with van der Waals surface area (Å²) in [5.74, 6) is 2.03. The first-order chi connectivity index (χ1) is 13.8. The van der Waals surface area contributed by atoms with Gasteiger partial charge in [-0.25, -0.2) is 14.8 Å². The predicted octanol–water partition coefficient (Wildman–Crippen LogP) is 3.62. The second kappa shape index (κ2) is 8.39. The van der Waals surface area contributed by atoms with E-state index in [1.165, 1.54) is 0 Å². The lowest BCUT2D eigenvalue weighted by Crippen LogP contribution is -2.50. The van der Waals surface area contributed by atoms with Crippen molar-refractivity contribution in [3.05, 3.63) is 73.1 Å². The van der Waals surface area contributed by atoms with Gasteiger partial charge in [-0.2, -0.15) is 0 Å². The number of ether oxygens (including phenoxy) is 1. The van der Waals surface area contributed by atoms with Gasteiger partial charge in [0.1, 0.15) is 5.75 Å². The van der Waals surface area contributed by atoms with E-state index in [0.29, 0.717) is 43.6 Å². The van der Waals surface area contributed by atoms with Crippen molar-refractivity contribution in [2.45, 2.75) is 0 Å². The van der Waals surface area contributed by atoms with E-state index in [-0.39, 0.29) is 6.03 Å². The van der Waals surface area contributed by atoms with Crippen LogP contribution in [0.25, 0.3) is 0 Å². The van der Waals surface area contributed by atoms with Crippen molar-refractivity contribution in [1.29, 1.82) is 0 Å². The number of para-hydroxylation sites is 3. The van der Waals surface area contributed by atoms with E-state index >= 15 is 0 Å². The first-order valence-corrected chi connectivity index (χ1v) is 9.19. The molecule has 1 saturated heterocycles. The molecule has 4 rings (SSSR count). The number of urea groups is 1. The minimum Gasteiger partial charge on any atom is -0.455 e. The molecule has 7 nitrogen and oxygen atoms in total. The number of nitrogens with zero attached hydrogens (tertiary/aromatic N) is 4. The van der Waals surface area contributed by atoms with Gasteiger partial charge in [0, 0.05) is 38.6 Å². The molecule has 3 aromatic rings. The van der Waals surface area contributed by atoms with Crippen molar-refractivity contribution in [3.63, 3.8) is 0 Å². The number of piperazine rings is 1. The number of carbonyl (C=O) groups is 1. The lowest BCUT2D eigenvalue weighted by atomic mass is 10.3. The molecule has 0 bridgehead atoms. The first-order valence-electron chi connectivity index (χ1n) is 9.19. The zero-order valence-corrected chi connectivity index (χ0v) is 15.4. The molecule has 0 unspecified atom stereocenters. The summed E-state index contributed by atoms with van der Waals surface area (Å²) in [5.41, 5.74) is 0.644. The Hall–Kier alpha value is -3.61. The summed E-state index contributed by atoms with van der Waals surface area (Å²) in [5, 5.41) is 2.97. The molecular formula is C21H21N5O2. The molecule has 2 aromatic carbocycles. The maximum absolute atomic E-state index is 12.7. The van der Waals surface area contributed by atoms with Crippen LogP contribution in [0.3, 0.4) is 0 Å². The van der Waals surface area contributed by atoms with Gasteiger partial charge in [0.2, 0.25) is 5.95 Å². The molecule has 1 fully saturated rings. The molecule has 0 atom stereocenters. The molecule has 1 N–H and O–H groups in total. The van der Waals surface area contributed by atoms with Gasteiger partial charge >= 0.3 is 6.03 Å². The van der Waals surface area contributed by atoms with Crippen LogP contribution in [0.2, 0.25) is 0 Å². The Labute approximate surface area is 163 Å². The molecule has 1 aliphatic heterocycles. The van der Waals surface area contributed by atoms with Crippen molar-refractivity contribution in [2.75, 3.05) is 36.4 Å². The van der Waals surface area contributed by atoms with Gasteiger partial charge in [-0.1, -0.05) is 30.3 Å². The number of benzene rings is 2. The molecule has 1 aromatic heterocycles. The number of hydrogen-bond acceptors (Lipinski definition) is 5. The highest BCUT2D eigenvalue weighted by molar-refractivity contribution is 5.91. The van der Waals surface area contributed by atoms with Gasteiger partial charge < -0.3 is 19.9 Å². The lowest BCUT2D eigenvalue weighted by molar-refractivity contribution is 0.208. The molecule has 0 saturated carbocycles. The van der Waals surface area contributed by atoms with E-state index < -0.39 is 0 Å². The van der Waals surface area contributed by atoms with Crippen molar-refractivity contribution in [3.8, 4) is 11.5 Å². The molecule has 0 spiro atoms. The molecule has 28 heavy (non-hydrogen) atoms. The van der Waals surface area contributed by atoms with Gasteiger partial charge in [0.05, 0.1) is 5.69 Å². The van der Waals surface area contributed by atoms with E-state index in [0.717, 1.165) is 5.75 Å². The normalized spacial score (nSPS) is 13.9. The molecule has 2 amide bonds. The van der Waals surface area contributed by atoms with E-state index in [2.05, 4.69) is 20.2 Å². The Kier molecular flexibility index (Phi) is 5.33. The highest BCUT2D eigenvalue weighted by Gasteiger charge is 2.23. The number of carbonyl (C=O) groups excluding carboxylic acids is 1. The summed E-state index contributed by atoms with van der Waals surface area (Å²) in [4.78, 5) is 25.1. The zero-order chi connectivity index (χ0) is 19.2. The third-order valence-corrected chi connectivity index (χ3v) is 4.50. The largest absolute Gasteiger partial charge is 0.455 e. The monoisotopic (exact) mass is 375 g/mol. The molecular weight excluding hydrogens is 354 g/mol. The van der Waals surface area contributed by atoms with Crippen molar-refractivity contribution >= 4 is 17.7 Å². The summed E-state index contributed by atoms with van der Waals surface area (Å²) >= 11 is 0.